The highest BCUT2D eigenvalue weighted by molar-refractivity contribution is 5.96. The van der Waals surface area contributed by atoms with Crippen LogP contribution in [0.5, 0.6) is 0 Å². The summed E-state index contributed by atoms with van der Waals surface area (Å²) in [6.45, 7) is 1.99. The summed E-state index contributed by atoms with van der Waals surface area (Å²) in [6, 6.07) is 13.8. The Morgan fingerprint density at radius 1 is 1.24 bits per heavy atom. The number of methoxy groups -OCH3 is 1. The number of ether oxygens (including phenoxy) is 1. The third kappa shape index (κ3) is 2.52. The van der Waals surface area contributed by atoms with Crippen LogP contribution in [-0.2, 0) is 11.2 Å². The SMILES string of the molecule is COC(=O)c1cc(Cc2ccccc2)c2c(C)[nH]nc2c1. The van der Waals surface area contributed by atoms with Crippen LogP contribution in [0.3, 0.4) is 0 Å². The highest BCUT2D eigenvalue weighted by atomic mass is 16.5. The fourth-order valence-electron chi connectivity index (χ4n) is 2.60. The van der Waals surface area contributed by atoms with E-state index in [1.165, 1.54) is 12.7 Å². The first-order valence-electron chi connectivity index (χ1n) is 6.79. The fraction of sp³-hybridized carbons (Fsp3) is 0.176. The molecule has 21 heavy (non-hydrogen) atoms. The zero-order chi connectivity index (χ0) is 14.8. The van der Waals surface area contributed by atoms with Gasteiger partial charge < -0.3 is 4.74 Å². The van der Waals surface area contributed by atoms with E-state index in [0.717, 1.165) is 28.6 Å². The first-order chi connectivity index (χ1) is 10.2. The van der Waals surface area contributed by atoms with Crippen molar-refractivity contribution in [1.29, 1.82) is 0 Å². The third-order valence-electron chi connectivity index (χ3n) is 3.58. The van der Waals surface area contributed by atoms with Gasteiger partial charge in [0.15, 0.2) is 0 Å². The molecule has 0 aliphatic carbocycles. The average molecular weight is 280 g/mol. The van der Waals surface area contributed by atoms with Crippen LogP contribution in [0.1, 0.15) is 27.2 Å². The predicted octanol–water partition coefficient (Wildman–Crippen LogP) is 3.25. The molecule has 1 heterocycles. The first-order valence-corrected chi connectivity index (χ1v) is 6.79. The molecule has 0 saturated carbocycles. The molecule has 0 aliphatic heterocycles. The van der Waals surface area contributed by atoms with E-state index in [4.69, 9.17) is 4.74 Å². The molecular weight excluding hydrogens is 264 g/mol. The Morgan fingerprint density at radius 2 is 2.00 bits per heavy atom. The van der Waals surface area contributed by atoms with Crippen LogP contribution in [0.2, 0.25) is 0 Å². The van der Waals surface area contributed by atoms with Crippen molar-refractivity contribution < 1.29 is 9.53 Å². The van der Waals surface area contributed by atoms with E-state index >= 15 is 0 Å². The molecule has 1 aromatic heterocycles. The molecule has 0 aliphatic rings. The Bertz CT molecular complexity index is 791. The zero-order valence-corrected chi connectivity index (χ0v) is 12.0. The molecule has 0 radical (unpaired) electrons. The lowest BCUT2D eigenvalue weighted by Crippen LogP contribution is -2.03. The molecule has 2 aromatic carbocycles. The number of hydrogen-bond donors (Lipinski definition) is 1. The van der Waals surface area contributed by atoms with Gasteiger partial charge in [-0.05, 0) is 36.6 Å². The highest BCUT2D eigenvalue weighted by Crippen LogP contribution is 2.25. The van der Waals surface area contributed by atoms with Crippen molar-refractivity contribution in [3.05, 3.63) is 64.8 Å². The molecule has 1 N–H and O–H groups in total. The van der Waals surface area contributed by atoms with Gasteiger partial charge in [-0.3, -0.25) is 5.10 Å². The van der Waals surface area contributed by atoms with Crippen molar-refractivity contribution in [2.75, 3.05) is 7.11 Å². The van der Waals surface area contributed by atoms with Crippen LogP contribution in [0.4, 0.5) is 0 Å². The Labute approximate surface area is 122 Å². The van der Waals surface area contributed by atoms with Gasteiger partial charge in [-0.15, -0.1) is 0 Å². The van der Waals surface area contributed by atoms with Crippen molar-refractivity contribution >= 4 is 16.9 Å². The maximum atomic E-state index is 11.8. The molecule has 3 rings (SSSR count). The second-order valence-electron chi connectivity index (χ2n) is 5.03. The zero-order valence-electron chi connectivity index (χ0n) is 12.0. The molecule has 0 unspecified atom stereocenters. The molecule has 0 atom stereocenters. The van der Waals surface area contributed by atoms with Crippen LogP contribution in [0.25, 0.3) is 10.9 Å². The fourth-order valence-corrected chi connectivity index (χ4v) is 2.60. The van der Waals surface area contributed by atoms with Crippen molar-refractivity contribution in [2.24, 2.45) is 0 Å². The van der Waals surface area contributed by atoms with E-state index in [9.17, 15) is 4.79 Å². The summed E-state index contributed by atoms with van der Waals surface area (Å²) in [7, 11) is 1.39. The van der Waals surface area contributed by atoms with Crippen molar-refractivity contribution in [3.63, 3.8) is 0 Å². The number of aromatic amines is 1. The van der Waals surface area contributed by atoms with Gasteiger partial charge in [0.25, 0.3) is 0 Å². The molecule has 0 spiro atoms. The summed E-state index contributed by atoms with van der Waals surface area (Å²) < 4.78 is 4.82. The predicted molar refractivity (Wildman–Crippen MR) is 81.4 cm³/mol. The van der Waals surface area contributed by atoms with E-state index < -0.39 is 0 Å². The van der Waals surface area contributed by atoms with Gasteiger partial charge in [0, 0.05) is 11.1 Å². The van der Waals surface area contributed by atoms with Crippen molar-refractivity contribution in [3.8, 4) is 0 Å². The van der Waals surface area contributed by atoms with E-state index in [0.29, 0.717) is 5.56 Å². The van der Waals surface area contributed by atoms with E-state index in [2.05, 4.69) is 22.3 Å². The largest absolute Gasteiger partial charge is 0.465 e. The lowest BCUT2D eigenvalue weighted by molar-refractivity contribution is 0.0601. The molecule has 4 heteroatoms. The molecule has 0 amide bonds. The Morgan fingerprint density at radius 3 is 2.71 bits per heavy atom. The van der Waals surface area contributed by atoms with Crippen LogP contribution in [0, 0.1) is 6.92 Å². The summed E-state index contributed by atoms with van der Waals surface area (Å²) in [5.41, 5.74) is 4.60. The van der Waals surface area contributed by atoms with Gasteiger partial charge in [-0.2, -0.15) is 5.10 Å². The Kier molecular flexibility index (Phi) is 3.44. The van der Waals surface area contributed by atoms with Crippen LogP contribution >= 0.6 is 0 Å². The van der Waals surface area contributed by atoms with Gasteiger partial charge >= 0.3 is 5.97 Å². The summed E-state index contributed by atoms with van der Waals surface area (Å²) >= 11 is 0. The maximum absolute atomic E-state index is 11.8. The standard InChI is InChI=1S/C17H16N2O2/c1-11-16-13(8-12-6-4-3-5-7-12)9-14(17(20)21-2)10-15(16)19-18-11/h3-7,9-10H,8H2,1-2H3,(H,18,19). The average Bonchev–Trinajstić information content (AvgIpc) is 2.89. The number of nitrogens with one attached hydrogen (secondary N) is 1. The van der Waals surface area contributed by atoms with Gasteiger partial charge in [0.2, 0.25) is 0 Å². The molecule has 0 bridgehead atoms. The van der Waals surface area contributed by atoms with Gasteiger partial charge in [0.1, 0.15) is 0 Å². The summed E-state index contributed by atoms with van der Waals surface area (Å²) in [6.07, 6.45) is 0.753. The number of benzene rings is 2. The minimum Gasteiger partial charge on any atom is -0.465 e. The Balaban J connectivity index is 2.14. The molecule has 3 aromatic rings. The molecule has 0 saturated heterocycles. The van der Waals surface area contributed by atoms with Crippen LogP contribution in [0.15, 0.2) is 42.5 Å². The second-order valence-corrected chi connectivity index (χ2v) is 5.03. The number of aryl methyl sites for hydroxylation is 1. The number of nitrogens with zero attached hydrogens (tertiary/aromatic N) is 1. The summed E-state index contributed by atoms with van der Waals surface area (Å²) in [4.78, 5) is 11.8. The number of H-pyrrole nitrogens is 1. The first kappa shape index (κ1) is 13.4. The van der Waals surface area contributed by atoms with Crippen molar-refractivity contribution in [1.82, 2.24) is 10.2 Å². The van der Waals surface area contributed by atoms with Gasteiger partial charge in [-0.25, -0.2) is 4.79 Å². The summed E-state index contributed by atoms with van der Waals surface area (Å²) in [5.74, 6) is -0.341. The minimum absolute atomic E-state index is 0.341. The number of fused-ring (bicyclic) bond motifs is 1. The van der Waals surface area contributed by atoms with Gasteiger partial charge in [0.05, 0.1) is 18.2 Å². The quantitative estimate of drug-likeness (QED) is 0.749. The Hall–Kier alpha value is -2.62. The number of aromatic nitrogens is 2. The number of hydrogen-bond acceptors (Lipinski definition) is 3. The number of carbonyl (C=O) groups excluding carboxylic acids is 1. The van der Waals surface area contributed by atoms with E-state index in [1.54, 1.807) is 6.07 Å². The smallest absolute Gasteiger partial charge is 0.337 e. The second kappa shape index (κ2) is 5.40. The number of rotatable bonds is 3. The van der Waals surface area contributed by atoms with E-state index in [1.807, 2.05) is 31.2 Å². The van der Waals surface area contributed by atoms with Crippen LogP contribution in [-0.4, -0.2) is 23.3 Å². The third-order valence-corrected chi connectivity index (χ3v) is 3.58. The molecule has 106 valence electrons. The van der Waals surface area contributed by atoms with Crippen LogP contribution < -0.4 is 0 Å². The maximum Gasteiger partial charge on any atom is 0.337 e. The molecule has 0 fully saturated rings. The number of esters is 1. The van der Waals surface area contributed by atoms with Crippen molar-refractivity contribution in [2.45, 2.75) is 13.3 Å². The summed E-state index contributed by atoms with van der Waals surface area (Å²) in [5, 5.41) is 8.33. The lowest BCUT2D eigenvalue weighted by Gasteiger charge is -2.07. The van der Waals surface area contributed by atoms with E-state index in [-0.39, 0.29) is 5.97 Å². The topological polar surface area (TPSA) is 55.0 Å². The number of carbonyl (C=O) groups is 1. The lowest BCUT2D eigenvalue weighted by atomic mass is 9.98. The molecular formula is C17H16N2O2. The minimum atomic E-state index is -0.341. The molecule has 4 nitrogen and oxygen atoms in total. The monoisotopic (exact) mass is 280 g/mol. The van der Waals surface area contributed by atoms with Gasteiger partial charge in [-0.1, -0.05) is 30.3 Å². The highest BCUT2D eigenvalue weighted by Gasteiger charge is 2.14. The normalized spacial score (nSPS) is 10.8.